The lowest BCUT2D eigenvalue weighted by Gasteiger charge is -2.27. The molecule has 0 radical (unpaired) electrons. The highest BCUT2D eigenvalue weighted by molar-refractivity contribution is 5.83. The van der Waals surface area contributed by atoms with Crippen molar-refractivity contribution in [1.29, 1.82) is 0 Å². The minimum absolute atomic E-state index is 0.270. The van der Waals surface area contributed by atoms with Crippen molar-refractivity contribution in [2.45, 2.75) is 31.5 Å². The largest absolute Gasteiger partial charge is 0.480 e. The number of amides is 2. The van der Waals surface area contributed by atoms with Crippen LogP contribution in [0.3, 0.4) is 0 Å². The average Bonchev–Trinajstić information content (AvgIpc) is 2.72. The Morgan fingerprint density at radius 2 is 2.06 bits per heavy atom. The zero-order valence-corrected chi connectivity index (χ0v) is 9.90. The third kappa shape index (κ3) is 3.78. The lowest BCUT2D eigenvalue weighted by Crippen LogP contribution is -2.47. The molecule has 1 N–H and O–H groups in total. The first-order valence-electron chi connectivity index (χ1n) is 5.53. The zero-order chi connectivity index (χ0) is 13.9. The Balaban J connectivity index is 2.55. The summed E-state index contributed by atoms with van der Waals surface area (Å²) in [5.41, 5.74) is 0. The van der Waals surface area contributed by atoms with Gasteiger partial charge in [0, 0.05) is 20.1 Å². The summed E-state index contributed by atoms with van der Waals surface area (Å²) in [6.07, 6.45) is -4.53. The predicted octanol–water partition coefficient (Wildman–Crippen LogP) is 1.54. The van der Waals surface area contributed by atoms with E-state index in [-0.39, 0.29) is 6.54 Å². The van der Waals surface area contributed by atoms with E-state index in [0.717, 1.165) is 9.80 Å². The normalized spacial score (nSPS) is 20.0. The number of nitrogens with zero attached hydrogens (tertiary/aromatic N) is 2. The highest BCUT2D eigenvalue weighted by Gasteiger charge is 2.36. The number of halogens is 3. The smallest absolute Gasteiger partial charge is 0.390 e. The minimum atomic E-state index is -4.33. The number of hydrogen-bond donors (Lipinski definition) is 1. The van der Waals surface area contributed by atoms with Crippen LogP contribution in [0.4, 0.5) is 18.0 Å². The molecule has 5 nitrogen and oxygen atoms in total. The lowest BCUT2D eigenvalue weighted by molar-refractivity contribution is -0.142. The third-order valence-corrected chi connectivity index (χ3v) is 2.84. The topological polar surface area (TPSA) is 60.9 Å². The molecule has 1 aliphatic rings. The van der Waals surface area contributed by atoms with Crippen molar-refractivity contribution < 1.29 is 27.9 Å². The second kappa shape index (κ2) is 5.45. The van der Waals surface area contributed by atoms with Gasteiger partial charge in [0.1, 0.15) is 6.04 Å². The van der Waals surface area contributed by atoms with Gasteiger partial charge < -0.3 is 14.9 Å². The van der Waals surface area contributed by atoms with E-state index in [1.54, 1.807) is 0 Å². The Labute approximate surface area is 102 Å². The second-order valence-corrected chi connectivity index (χ2v) is 4.26. The molecule has 2 amide bonds. The van der Waals surface area contributed by atoms with E-state index in [1.807, 2.05) is 0 Å². The monoisotopic (exact) mass is 268 g/mol. The van der Waals surface area contributed by atoms with Gasteiger partial charge in [-0.1, -0.05) is 0 Å². The van der Waals surface area contributed by atoms with Crippen molar-refractivity contribution in [3.63, 3.8) is 0 Å². The van der Waals surface area contributed by atoms with E-state index in [4.69, 9.17) is 5.11 Å². The van der Waals surface area contributed by atoms with Gasteiger partial charge in [0.25, 0.3) is 0 Å². The van der Waals surface area contributed by atoms with Crippen molar-refractivity contribution in [2.75, 3.05) is 20.1 Å². The van der Waals surface area contributed by atoms with E-state index in [0.29, 0.717) is 12.8 Å². The Morgan fingerprint density at radius 1 is 1.44 bits per heavy atom. The van der Waals surface area contributed by atoms with Gasteiger partial charge in [0.2, 0.25) is 0 Å². The predicted molar refractivity (Wildman–Crippen MR) is 56.1 cm³/mol. The number of likely N-dealkylation sites (tertiary alicyclic amines) is 1. The van der Waals surface area contributed by atoms with Gasteiger partial charge in [-0.15, -0.1) is 0 Å². The molecule has 1 saturated heterocycles. The SMILES string of the molecule is CN(CCC(F)(F)F)C(=O)N1CCC[C@H]1C(=O)O. The van der Waals surface area contributed by atoms with Crippen LogP contribution in [0.15, 0.2) is 0 Å². The molecule has 1 rings (SSSR count). The summed E-state index contributed by atoms with van der Waals surface area (Å²) in [6.45, 7) is -0.197. The van der Waals surface area contributed by atoms with Crippen molar-refractivity contribution in [3.8, 4) is 0 Å². The molecule has 104 valence electrons. The molecule has 1 fully saturated rings. The quantitative estimate of drug-likeness (QED) is 0.844. The van der Waals surface area contributed by atoms with Gasteiger partial charge in [-0.2, -0.15) is 13.2 Å². The summed E-state index contributed by atoms with van der Waals surface area (Å²) < 4.78 is 36.0. The van der Waals surface area contributed by atoms with Crippen molar-refractivity contribution in [2.24, 2.45) is 0 Å². The first kappa shape index (κ1) is 14.6. The van der Waals surface area contributed by atoms with Crippen LogP contribution in [0.2, 0.25) is 0 Å². The van der Waals surface area contributed by atoms with E-state index in [2.05, 4.69) is 0 Å². The van der Waals surface area contributed by atoms with Crippen LogP contribution in [0, 0.1) is 0 Å². The number of aliphatic carboxylic acids is 1. The Hall–Kier alpha value is -1.47. The lowest BCUT2D eigenvalue weighted by atomic mass is 10.2. The Kier molecular flexibility index (Phi) is 4.42. The molecule has 0 aliphatic carbocycles. The molecule has 0 unspecified atom stereocenters. The van der Waals surface area contributed by atoms with Crippen LogP contribution < -0.4 is 0 Å². The van der Waals surface area contributed by atoms with Gasteiger partial charge in [0.05, 0.1) is 6.42 Å². The van der Waals surface area contributed by atoms with E-state index in [9.17, 15) is 22.8 Å². The fourth-order valence-corrected chi connectivity index (χ4v) is 1.86. The van der Waals surface area contributed by atoms with E-state index in [1.165, 1.54) is 7.05 Å². The highest BCUT2D eigenvalue weighted by Crippen LogP contribution is 2.22. The molecular formula is C10H15F3N2O3. The van der Waals surface area contributed by atoms with Crippen LogP contribution in [0.25, 0.3) is 0 Å². The fraction of sp³-hybridized carbons (Fsp3) is 0.800. The highest BCUT2D eigenvalue weighted by atomic mass is 19.4. The summed E-state index contributed by atoms with van der Waals surface area (Å²) >= 11 is 0. The van der Waals surface area contributed by atoms with Gasteiger partial charge in [-0.05, 0) is 12.8 Å². The number of carboxylic acid groups (broad SMARTS) is 1. The Morgan fingerprint density at radius 3 is 2.56 bits per heavy atom. The average molecular weight is 268 g/mol. The van der Waals surface area contributed by atoms with Gasteiger partial charge in [-0.25, -0.2) is 9.59 Å². The van der Waals surface area contributed by atoms with Crippen molar-refractivity contribution in [3.05, 3.63) is 0 Å². The molecule has 8 heteroatoms. The minimum Gasteiger partial charge on any atom is -0.480 e. The maximum absolute atomic E-state index is 12.0. The van der Waals surface area contributed by atoms with E-state index < -0.39 is 37.2 Å². The number of hydrogen-bond acceptors (Lipinski definition) is 2. The van der Waals surface area contributed by atoms with Crippen LogP contribution in [-0.2, 0) is 4.79 Å². The van der Waals surface area contributed by atoms with Crippen LogP contribution in [-0.4, -0.2) is 59.3 Å². The van der Waals surface area contributed by atoms with Crippen molar-refractivity contribution in [1.82, 2.24) is 9.80 Å². The molecule has 1 aliphatic heterocycles. The molecule has 1 atom stereocenters. The Bertz CT molecular complexity index is 333. The van der Waals surface area contributed by atoms with Crippen LogP contribution in [0.5, 0.6) is 0 Å². The van der Waals surface area contributed by atoms with Gasteiger partial charge >= 0.3 is 18.2 Å². The van der Waals surface area contributed by atoms with E-state index >= 15 is 0 Å². The maximum Gasteiger partial charge on any atom is 0.390 e. The maximum atomic E-state index is 12.0. The van der Waals surface area contributed by atoms with Crippen LogP contribution in [0.1, 0.15) is 19.3 Å². The molecule has 0 bridgehead atoms. The molecular weight excluding hydrogens is 253 g/mol. The summed E-state index contributed by atoms with van der Waals surface area (Å²) in [5.74, 6) is -1.12. The summed E-state index contributed by atoms with van der Waals surface area (Å²) in [5, 5.41) is 8.88. The molecule has 0 aromatic rings. The fourth-order valence-electron chi connectivity index (χ4n) is 1.86. The first-order valence-corrected chi connectivity index (χ1v) is 5.53. The summed E-state index contributed by atoms with van der Waals surface area (Å²) in [7, 11) is 1.24. The zero-order valence-electron chi connectivity index (χ0n) is 9.90. The number of urea groups is 1. The third-order valence-electron chi connectivity index (χ3n) is 2.84. The summed E-state index contributed by atoms with van der Waals surface area (Å²) in [4.78, 5) is 24.7. The number of carbonyl (C=O) groups is 2. The molecule has 18 heavy (non-hydrogen) atoms. The number of carboxylic acids is 1. The second-order valence-electron chi connectivity index (χ2n) is 4.26. The molecule has 0 aromatic carbocycles. The standard InChI is InChI=1S/C10H15F3N2O3/c1-14(6-4-10(11,12)13)9(18)15-5-2-3-7(15)8(16)17/h7H,2-6H2,1H3,(H,16,17)/t7-/m0/s1. The molecule has 0 spiro atoms. The molecule has 1 heterocycles. The first-order chi connectivity index (χ1) is 8.22. The van der Waals surface area contributed by atoms with Crippen molar-refractivity contribution >= 4 is 12.0 Å². The van der Waals surface area contributed by atoms with Crippen LogP contribution >= 0.6 is 0 Å². The van der Waals surface area contributed by atoms with Gasteiger partial charge in [-0.3, -0.25) is 0 Å². The summed E-state index contributed by atoms with van der Waals surface area (Å²) in [6, 6.07) is -1.59. The molecule has 0 aromatic heterocycles. The number of rotatable bonds is 3. The number of carbonyl (C=O) groups excluding carboxylic acids is 1. The molecule has 0 saturated carbocycles. The van der Waals surface area contributed by atoms with Gasteiger partial charge in [0.15, 0.2) is 0 Å². The number of alkyl halides is 3.